The van der Waals surface area contributed by atoms with E-state index in [1.54, 1.807) is 14.2 Å². The second-order valence-electron chi connectivity index (χ2n) is 5.94. The largest absolute Gasteiger partial charge is 0.497 e. The van der Waals surface area contributed by atoms with Crippen molar-refractivity contribution in [3.63, 3.8) is 0 Å². The van der Waals surface area contributed by atoms with Gasteiger partial charge in [-0.05, 0) is 24.8 Å². The summed E-state index contributed by atoms with van der Waals surface area (Å²) in [5.41, 5.74) is 7.44. The van der Waals surface area contributed by atoms with E-state index in [-0.39, 0.29) is 6.04 Å². The molecule has 0 amide bonds. The zero-order valence-electron chi connectivity index (χ0n) is 13.3. The lowest BCUT2D eigenvalue weighted by atomic mass is 9.91. The molecule has 0 spiro atoms. The van der Waals surface area contributed by atoms with E-state index in [1.807, 2.05) is 30.0 Å². The van der Waals surface area contributed by atoms with E-state index in [0.29, 0.717) is 0 Å². The van der Waals surface area contributed by atoms with Gasteiger partial charge < -0.3 is 15.2 Å². The average molecular weight is 309 g/mol. The Balaban J connectivity index is 1.94. The molecule has 21 heavy (non-hydrogen) atoms. The smallest absolute Gasteiger partial charge is 0.127 e. The normalized spacial score (nSPS) is 23.6. The molecule has 0 aliphatic heterocycles. The topological polar surface area (TPSA) is 44.5 Å². The van der Waals surface area contributed by atoms with Crippen molar-refractivity contribution >= 4 is 11.8 Å². The maximum absolute atomic E-state index is 6.37. The summed E-state index contributed by atoms with van der Waals surface area (Å²) in [4.78, 5) is 0. The van der Waals surface area contributed by atoms with Crippen LogP contribution in [0.2, 0.25) is 0 Å². The van der Waals surface area contributed by atoms with E-state index in [9.17, 15) is 0 Å². The predicted molar refractivity (Wildman–Crippen MR) is 90.4 cm³/mol. The van der Waals surface area contributed by atoms with E-state index in [1.165, 1.54) is 25.7 Å². The summed E-state index contributed by atoms with van der Waals surface area (Å²) < 4.78 is 10.7. The van der Waals surface area contributed by atoms with Gasteiger partial charge in [0.05, 0.1) is 14.2 Å². The van der Waals surface area contributed by atoms with Gasteiger partial charge in [0.15, 0.2) is 0 Å². The third kappa shape index (κ3) is 4.55. The molecule has 3 nitrogen and oxygen atoms in total. The van der Waals surface area contributed by atoms with E-state index in [2.05, 4.69) is 6.92 Å². The highest BCUT2D eigenvalue weighted by Crippen LogP contribution is 2.35. The van der Waals surface area contributed by atoms with Crippen molar-refractivity contribution < 1.29 is 9.47 Å². The number of hydrogen-bond acceptors (Lipinski definition) is 4. The lowest BCUT2D eigenvalue weighted by Gasteiger charge is -2.27. The van der Waals surface area contributed by atoms with Gasteiger partial charge in [0.2, 0.25) is 0 Å². The van der Waals surface area contributed by atoms with Gasteiger partial charge in [0.1, 0.15) is 11.5 Å². The number of ether oxygens (including phenoxy) is 2. The summed E-state index contributed by atoms with van der Waals surface area (Å²) in [5, 5.41) is 0.768. The number of methoxy groups -OCH3 is 2. The summed E-state index contributed by atoms with van der Waals surface area (Å²) in [6, 6.07) is 5.88. The highest BCUT2D eigenvalue weighted by Gasteiger charge is 2.21. The summed E-state index contributed by atoms with van der Waals surface area (Å²) in [6.07, 6.45) is 5.41. The molecule has 1 saturated carbocycles. The quantitative estimate of drug-likeness (QED) is 0.862. The summed E-state index contributed by atoms with van der Waals surface area (Å²) in [6.45, 7) is 2.36. The fourth-order valence-corrected chi connectivity index (χ4v) is 4.44. The summed E-state index contributed by atoms with van der Waals surface area (Å²) in [7, 11) is 3.34. The lowest BCUT2D eigenvalue weighted by molar-refractivity contribution is 0.389. The lowest BCUT2D eigenvalue weighted by Crippen LogP contribution is -2.20. The highest BCUT2D eigenvalue weighted by molar-refractivity contribution is 7.99. The molecular weight excluding hydrogens is 282 g/mol. The van der Waals surface area contributed by atoms with Crippen molar-refractivity contribution in [1.29, 1.82) is 0 Å². The minimum atomic E-state index is 0.00749. The molecule has 1 aliphatic carbocycles. The Hall–Kier alpha value is -0.870. The molecule has 0 bridgehead atoms. The monoisotopic (exact) mass is 309 g/mol. The first-order valence-electron chi connectivity index (χ1n) is 7.73. The SMILES string of the molecule is COc1ccc(C(N)CSC2CCCC(C)C2)c(OC)c1. The second kappa shape index (κ2) is 7.95. The van der Waals surface area contributed by atoms with E-state index < -0.39 is 0 Å². The average Bonchev–Trinajstić information content (AvgIpc) is 2.52. The van der Waals surface area contributed by atoms with Crippen LogP contribution in [0, 0.1) is 5.92 Å². The van der Waals surface area contributed by atoms with Crippen LogP contribution in [0.1, 0.15) is 44.2 Å². The molecule has 118 valence electrons. The van der Waals surface area contributed by atoms with Gasteiger partial charge in [-0.2, -0.15) is 11.8 Å². The Labute approximate surface area is 132 Å². The van der Waals surface area contributed by atoms with Gasteiger partial charge in [0.25, 0.3) is 0 Å². The highest BCUT2D eigenvalue weighted by atomic mass is 32.2. The van der Waals surface area contributed by atoms with E-state index in [4.69, 9.17) is 15.2 Å². The molecular formula is C17H27NO2S. The Morgan fingerprint density at radius 3 is 2.76 bits per heavy atom. The first-order chi connectivity index (χ1) is 10.1. The molecule has 1 aromatic rings. The molecule has 4 heteroatoms. The summed E-state index contributed by atoms with van der Waals surface area (Å²) in [5.74, 6) is 3.43. The number of benzene rings is 1. The van der Waals surface area contributed by atoms with Gasteiger partial charge in [0, 0.05) is 28.7 Å². The van der Waals surface area contributed by atoms with Crippen LogP contribution >= 0.6 is 11.8 Å². The van der Waals surface area contributed by atoms with Crippen LogP contribution in [0.4, 0.5) is 0 Å². The van der Waals surface area contributed by atoms with Crippen LogP contribution < -0.4 is 15.2 Å². The van der Waals surface area contributed by atoms with E-state index in [0.717, 1.165) is 34.0 Å². The van der Waals surface area contributed by atoms with Gasteiger partial charge in [-0.3, -0.25) is 0 Å². The van der Waals surface area contributed by atoms with Crippen molar-refractivity contribution in [2.45, 2.75) is 43.9 Å². The molecule has 0 radical (unpaired) electrons. The van der Waals surface area contributed by atoms with Gasteiger partial charge in [-0.1, -0.05) is 25.8 Å². The van der Waals surface area contributed by atoms with Crippen molar-refractivity contribution in [3.8, 4) is 11.5 Å². The van der Waals surface area contributed by atoms with Crippen LogP contribution in [0.25, 0.3) is 0 Å². The zero-order valence-corrected chi connectivity index (χ0v) is 14.1. The molecule has 1 fully saturated rings. The Morgan fingerprint density at radius 2 is 2.10 bits per heavy atom. The molecule has 0 saturated heterocycles. The Morgan fingerprint density at radius 1 is 1.29 bits per heavy atom. The fourth-order valence-electron chi connectivity index (χ4n) is 2.98. The maximum atomic E-state index is 6.37. The van der Waals surface area contributed by atoms with Gasteiger partial charge >= 0.3 is 0 Å². The third-order valence-electron chi connectivity index (χ3n) is 4.24. The Bertz CT molecular complexity index is 452. The number of thioether (sulfide) groups is 1. The molecule has 0 aromatic heterocycles. The van der Waals surface area contributed by atoms with Crippen molar-refractivity contribution in [1.82, 2.24) is 0 Å². The van der Waals surface area contributed by atoms with Gasteiger partial charge in [-0.15, -0.1) is 0 Å². The summed E-state index contributed by atoms with van der Waals surface area (Å²) >= 11 is 2.02. The van der Waals surface area contributed by atoms with Gasteiger partial charge in [-0.25, -0.2) is 0 Å². The molecule has 0 heterocycles. The number of nitrogens with two attached hydrogens (primary N) is 1. The zero-order chi connectivity index (χ0) is 15.2. The number of rotatable bonds is 6. The fraction of sp³-hybridized carbons (Fsp3) is 0.647. The molecule has 3 unspecified atom stereocenters. The minimum Gasteiger partial charge on any atom is -0.497 e. The molecule has 2 N–H and O–H groups in total. The minimum absolute atomic E-state index is 0.00749. The molecule has 3 atom stereocenters. The number of hydrogen-bond donors (Lipinski definition) is 1. The van der Waals surface area contributed by atoms with Crippen molar-refractivity contribution in [2.24, 2.45) is 11.7 Å². The van der Waals surface area contributed by atoms with Crippen LogP contribution in [-0.4, -0.2) is 25.2 Å². The van der Waals surface area contributed by atoms with Crippen LogP contribution in [-0.2, 0) is 0 Å². The molecule has 1 aliphatic rings. The predicted octanol–water partition coefficient (Wildman–Crippen LogP) is 4.02. The second-order valence-corrected chi connectivity index (χ2v) is 7.27. The van der Waals surface area contributed by atoms with Crippen LogP contribution in [0.15, 0.2) is 18.2 Å². The standard InChI is InChI=1S/C17H27NO2S/c1-12-5-4-6-14(9-12)21-11-16(18)15-8-7-13(19-2)10-17(15)20-3/h7-8,10,12,14,16H,4-6,9,11,18H2,1-3H3. The molecule has 1 aromatic carbocycles. The van der Waals surface area contributed by atoms with Crippen LogP contribution in [0.3, 0.4) is 0 Å². The van der Waals surface area contributed by atoms with Crippen molar-refractivity contribution in [3.05, 3.63) is 23.8 Å². The van der Waals surface area contributed by atoms with Crippen LogP contribution in [0.5, 0.6) is 11.5 Å². The Kier molecular flexibility index (Phi) is 6.24. The first kappa shape index (κ1) is 16.5. The molecule has 2 rings (SSSR count). The van der Waals surface area contributed by atoms with Crippen molar-refractivity contribution in [2.75, 3.05) is 20.0 Å². The maximum Gasteiger partial charge on any atom is 0.127 e. The van der Waals surface area contributed by atoms with E-state index >= 15 is 0 Å². The first-order valence-corrected chi connectivity index (χ1v) is 8.78. The third-order valence-corrected chi connectivity index (χ3v) is 5.69.